The molecule has 0 aliphatic rings. The first-order chi connectivity index (χ1) is 7.75. The first-order valence-corrected chi connectivity index (χ1v) is 5.91. The van der Waals surface area contributed by atoms with Crippen LogP contribution in [0.25, 0.3) is 0 Å². The first-order valence-electron chi connectivity index (χ1n) is 5.12. The predicted octanol–water partition coefficient (Wildman–Crippen LogP) is 4.59. The summed E-state index contributed by atoms with van der Waals surface area (Å²) in [5, 5.41) is 0. The Hall–Kier alpha value is -1.41. The van der Waals surface area contributed by atoms with Crippen LogP contribution in [0.4, 0.5) is 5.69 Å². The van der Waals surface area contributed by atoms with Crippen molar-refractivity contribution in [1.82, 2.24) is 0 Å². The van der Waals surface area contributed by atoms with Gasteiger partial charge in [-0.05, 0) is 36.8 Å². The van der Waals surface area contributed by atoms with Gasteiger partial charge < -0.3 is 0 Å². The maximum absolute atomic E-state index is 4.57. The molecule has 2 heteroatoms. The molecule has 0 radical (unpaired) electrons. The lowest BCUT2D eigenvalue weighted by molar-refractivity contribution is 1.47. The van der Waals surface area contributed by atoms with Gasteiger partial charge >= 0.3 is 0 Å². The molecule has 2 rings (SSSR count). The lowest BCUT2D eigenvalue weighted by Crippen LogP contribution is -1.92. The summed E-state index contributed by atoms with van der Waals surface area (Å²) in [6, 6.07) is 18.2. The largest absolute Gasteiger partial charge is 0.253 e. The van der Waals surface area contributed by atoms with Crippen LogP contribution < -0.4 is 0 Å². The molecule has 0 fully saturated rings. The van der Waals surface area contributed by atoms with Gasteiger partial charge in [-0.3, -0.25) is 4.99 Å². The average Bonchev–Trinajstić information content (AvgIpc) is 2.33. The molecule has 0 heterocycles. The highest BCUT2D eigenvalue weighted by Gasteiger charge is 1.96. The zero-order valence-corrected chi connectivity index (χ0v) is 10.6. The van der Waals surface area contributed by atoms with E-state index in [4.69, 9.17) is 0 Å². The zero-order chi connectivity index (χ0) is 11.4. The topological polar surface area (TPSA) is 12.4 Å². The van der Waals surface area contributed by atoms with E-state index in [-0.39, 0.29) is 0 Å². The molecule has 0 atom stereocenters. The number of hydrogen-bond donors (Lipinski definition) is 0. The van der Waals surface area contributed by atoms with Gasteiger partial charge in [-0.2, -0.15) is 0 Å². The van der Waals surface area contributed by atoms with Gasteiger partial charge in [0.1, 0.15) is 0 Å². The van der Waals surface area contributed by atoms with Crippen molar-refractivity contribution in [3.8, 4) is 0 Å². The Bertz CT molecular complexity index is 486. The van der Waals surface area contributed by atoms with Crippen LogP contribution in [-0.4, -0.2) is 5.71 Å². The van der Waals surface area contributed by atoms with Gasteiger partial charge in [-0.15, -0.1) is 0 Å². The number of aliphatic imine (C=N–C) groups is 1. The fraction of sp³-hybridized carbons (Fsp3) is 0.0714. The lowest BCUT2D eigenvalue weighted by Gasteiger charge is -2.00. The number of nitrogens with zero attached hydrogens (tertiary/aromatic N) is 1. The molecule has 16 heavy (non-hydrogen) atoms. The van der Waals surface area contributed by atoms with Crippen molar-refractivity contribution >= 4 is 27.3 Å². The molecule has 0 aliphatic heterocycles. The second-order valence-corrected chi connectivity index (χ2v) is 4.46. The fourth-order valence-corrected chi connectivity index (χ4v) is 1.72. The predicted molar refractivity (Wildman–Crippen MR) is 72.5 cm³/mol. The third-order valence-electron chi connectivity index (χ3n) is 2.31. The van der Waals surface area contributed by atoms with E-state index in [1.807, 2.05) is 49.4 Å². The van der Waals surface area contributed by atoms with Crippen LogP contribution in [-0.2, 0) is 0 Å². The molecule has 0 unspecified atom stereocenters. The summed E-state index contributed by atoms with van der Waals surface area (Å²) in [6.45, 7) is 2.03. The van der Waals surface area contributed by atoms with Crippen molar-refractivity contribution in [1.29, 1.82) is 0 Å². The molecule has 0 saturated carbocycles. The van der Waals surface area contributed by atoms with Crippen LogP contribution in [0.15, 0.2) is 64.1 Å². The van der Waals surface area contributed by atoms with E-state index < -0.39 is 0 Å². The number of benzene rings is 2. The van der Waals surface area contributed by atoms with E-state index in [0.717, 1.165) is 21.4 Å². The second kappa shape index (κ2) is 5.08. The smallest absolute Gasteiger partial charge is 0.0633 e. The molecular formula is C14H12BrN. The van der Waals surface area contributed by atoms with Gasteiger partial charge in [-0.25, -0.2) is 0 Å². The number of halogens is 1. The lowest BCUT2D eigenvalue weighted by atomic mass is 10.1. The van der Waals surface area contributed by atoms with Gasteiger partial charge in [0.15, 0.2) is 0 Å². The molecule has 0 aliphatic carbocycles. The van der Waals surface area contributed by atoms with Gasteiger partial charge in [-0.1, -0.05) is 46.3 Å². The highest BCUT2D eigenvalue weighted by molar-refractivity contribution is 9.10. The Labute approximate surface area is 104 Å². The van der Waals surface area contributed by atoms with Crippen molar-refractivity contribution < 1.29 is 0 Å². The SMILES string of the molecule is C/C(=N/c1ccc(Br)cc1)c1ccccc1. The molecule has 0 saturated heterocycles. The van der Waals surface area contributed by atoms with E-state index in [2.05, 4.69) is 33.1 Å². The maximum Gasteiger partial charge on any atom is 0.0633 e. The summed E-state index contributed by atoms with van der Waals surface area (Å²) in [5.41, 5.74) is 3.16. The van der Waals surface area contributed by atoms with Gasteiger partial charge in [0.25, 0.3) is 0 Å². The Morgan fingerprint density at radius 3 is 2.19 bits per heavy atom. The van der Waals surface area contributed by atoms with E-state index in [1.54, 1.807) is 0 Å². The fourth-order valence-electron chi connectivity index (χ4n) is 1.45. The van der Waals surface area contributed by atoms with Crippen LogP contribution in [0.3, 0.4) is 0 Å². The van der Waals surface area contributed by atoms with E-state index in [0.29, 0.717) is 0 Å². The number of rotatable bonds is 2. The summed E-state index contributed by atoms with van der Waals surface area (Å²) >= 11 is 3.41. The Morgan fingerprint density at radius 1 is 0.938 bits per heavy atom. The second-order valence-electron chi connectivity index (χ2n) is 3.54. The van der Waals surface area contributed by atoms with Crippen molar-refractivity contribution in [3.63, 3.8) is 0 Å². The maximum atomic E-state index is 4.57. The molecule has 0 amide bonds. The Balaban J connectivity index is 2.28. The van der Waals surface area contributed by atoms with Crippen molar-refractivity contribution in [2.45, 2.75) is 6.92 Å². The molecule has 0 N–H and O–H groups in total. The van der Waals surface area contributed by atoms with E-state index in [9.17, 15) is 0 Å². The minimum Gasteiger partial charge on any atom is -0.253 e. The molecule has 0 aromatic heterocycles. The number of hydrogen-bond acceptors (Lipinski definition) is 1. The highest BCUT2D eigenvalue weighted by Crippen LogP contribution is 2.18. The van der Waals surface area contributed by atoms with Crippen LogP contribution in [0, 0.1) is 0 Å². The van der Waals surface area contributed by atoms with Gasteiger partial charge in [0.2, 0.25) is 0 Å². The van der Waals surface area contributed by atoms with Crippen LogP contribution >= 0.6 is 15.9 Å². The molecule has 2 aromatic rings. The van der Waals surface area contributed by atoms with Gasteiger partial charge in [0.05, 0.1) is 5.69 Å². The average molecular weight is 274 g/mol. The molecule has 2 aromatic carbocycles. The minimum atomic E-state index is 0.976. The zero-order valence-electron chi connectivity index (χ0n) is 9.02. The summed E-state index contributed by atoms with van der Waals surface area (Å²) in [4.78, 5) is 4.57. The molecular weight excluding hydrogens is 262 g/mol. The summed E-state index contributed by atoms with van der Waals surface area (Å²) in [7, 11) is 0. The third-order valence-corrected chi connectivity index (χ3v) is 2.84. The van der Waals surface area contributed by atoms with Crippen LogP contribution in [0.5, 0.6) is 0 Å². The van der Waals surface area contributed by atoms with Crippen molar-refractivity contribution in [3.05, 3.63) is 64.6 Å². The van der Waals surface area contributed by atoms with Gasteiger partial charge in [0, 0.05) is 10.2 Å². The minimum absolute atomic E-state index is 0.976. The first kappa shape index (κ1) is 11.1. The normalized spacial score (nSPS) is 11.5. The Kier molecular flexibility index (Phi) is 3.52. The quantitative estimate of drug-likeness (QED) is 0.710. The third kappa shape index (κ3) is 2.80. The molecule has 80 valence electrons. The monoisotopic (exact) mass is 273 g/mol. The van der Waals surface area contributed by atoms with Crippen LogP contribution in [0.2, 0.25) is 0 Å². The van der Waals surface area contributed by atoms with Crippen molar-refractivity contribution in [2.24, 2.45) is 4.99 Å². The van der Waals surface area contributed by atoms with E-state index in [1.165, 1.54) is 0 Å². The highest BCUT2D eigenvalue weighted by atomic mass is 79.9. The molecule has 0 spiro atoms. The molecule has 0 bridgehead atoms. The molecule has 1 nitrogen and oxygen atoms in total. The summed E-state index contributed by atoms with van der Waals surface area (Å²) < 4.78 is 1.07. The summed E-state index contributed by atoms with van der Waals surface area (Å²) in [6.07, 6.45) is 0. The Morgan fingerprint density at radius 2 is 1.56 bits per heavy atom. The standard InChI is InChI=1S/C14H12BrN/c1-11(12-5-3-2-4-6-12)16-14-9-7-13(15)8-10-14/h2-10H,1H3/b16-11-. The van der Waals surface area contributed by atoms with Crippen LogP contribution in [0.1, 0.15) is 12.5 Å². The van der Waals surface area contributed by atoms with Crippen molar-refractivity contribution in [2.75, 3.05) is 0 Å². The van der Waals surface area contributed by atoms with E-state index >= 15 is 0 Å². The summed E-state index contributed by atoms with van der Waals surface area (Å²) in [5.74, 6) is 0.